The van der Waals surface area contributed by atoms with Gasteiger partial charge >= 0.3 is 0 Å². The van der Waals surface area contributed by atoms with E-state index >= 15 is 0 Å². The molecule has 0 spiro atoms. The first kappa shape index (κ1) is 23.4. The molecule has 1 aliphatic rings. The van der Waals surface area contributed by atoms with E-state index in [1.807, 2.05) is 4.90 Å². The Labute approximate surface area is 190 Å². The molecule has 3 rings (SSSR count). The monoisotopic (exact) mass is 511 g/mol. The van der Waals surface area contributed by atoms with Gasteiger partial charge in [-0.1, -0.05) is 38.1 Å². The van der Waals surface area contributed by atoms with Crippen molar-refractivity contribution in [3.63, 3.8) is 0 Å². The van der Waals surface area contributed by atoms with Crippen molar-refractivity contribution in [2.75, 3.05) is 31.6 Å². The smallest absolute Gasteiger partial charge is 0.191 e. The lowest BCUT2D eigenvalue weighted by molar-refractivity contribution is 0.502. The van der Waals surface area contributed by atoms with Gasteiger partial charge in [0, 0.05) is 44.3 Å². The third-order valence-electron chi connectivity index (χ3n) is 5.36. The summed E-state index contributed by atoms with van der Waals surface area (Å²) in [6.07, 6.45) is 2.55. The second-order valence-corrected chi connectivity index (χ2v) is 8.01. The van der Waals surface area contributed by atoms with Crippen LogP contribution in [0.5, 0.6) is 0 Å². The SMILES string of the molecule is CN=C(NCC(C)(C)c1ccccc1C)NC1CCN(c2ncccc2F)C1.I. The van der Waals surface area contributed by atoms with Gasteiger partial charge in [-0.2, -0.15) is 0 Å². The Morgan fingerprint density at radius 1 is 1.28 bits per heavy atom. The molecule has 158 valence electrons. The van der Waals surface area contributed by atoms with Crippen LogP contribution in [0.15, 0.2) is 47.6 Å². The molecule has 29 heavy (non-hydrogen) atoms. The van der Waals surface area contributed by atoms with Crippen LogP contribution in [0.1, 0.15) is 31.4 Å². The number of aliphatic imine (C=N–C) groups is 1. The van der Waals surface area contributed by atoms with Crippen molar-refractivity contribution in [1.82, 2.24) is 15.6 Å². The van der Waals surface area contributed by atoms with Crippen molar-refractivity contribution in [3.8, 4) is 0 Å². The van der Waals surface area contributed by atoms with Crippen molar-refractivity contribution < 1.29 is 4.39 Å². The van der Waals surface area contributed by atoms with Crippen LogP contribution < -0.4 is 15.5 Å². The summed E-state index contributed by atoms with van der Waals surface area (Å²) in [6, 6.07) is 11.8. The fourth-order valence-electron chi connectivity index (χ4n) is 3.80. The zero-order valence-electron chi connectivity index (χ0n) is 17.6. The molecule has 0 saturated carbocycles. The van der Waals surface area contributed by atoms with E-state index in [4.69, 9.17) is 0 Å². The van der Waals surface area contributed by atoms with Crippen LogP contribution in [0.25, 0.3) is 0 Å². The lowest BCUT2D eigenvalue weighted by Gasteiger charge is -2.29. The van der Waals surface area contributed by atoms with Gasteiger partial charge in [-0.25, -0.2) is 9.37 Å². The second-order valence-electron chi connectivity index (χ2n) is 8.01. The first-order valence-electron chi connectivity index (χ1n) is 9.79. The first-order valence-corrected chi connectivity index (χ1v) is 9.79. The molecule has 1 fully saturated rings. The molecule has 7 heteroatoms. The lowest BCUT2D eigenvalue weighted by Crippen LogP contribution is -2.48. The first-order chi connectivity index (χ1) is 13.4. The molecule has 1 aliphatic heterocycles. The third kappa shape index (κ3) is 5.81. The molecule has 1 saturated heterocycles. The van der Waals surface area contributed by atoms with Crippen LogP contribution in [-0.2, 0) is 5.41 Å². The van der Waals surface area contributed by atoms with Gasteiger partial charge in [0.15, 0.2) is 17.6 Å². The predicted molar refractivity (Wildman–Crippen MR) is 129 cm³/mol. The topological polar surface area (TPSA) is 52.6 Å². The minimum Gasteiger partial charge on any atom is -0.356 e. The van der Waals surface area contributed by atoms with E-state index in [2.05, 4.69) is 65.6 Å². The minimum atomic E-state index is -0.273. The lowest BCUT2D eigenvalue weighted by atomic mass is 9.82. The molecule has 1 unspecified atom stereocenters. The maximum atomic E-state index is 14.0. The summed E-state index contributed by atoms with van der Waals surface area (Å²) in [6.45, 7) is 8.86. The van der Waals surface area contributed by atoms with Crippen LogP contribution in [-0.4, -0.2) is 43.7 Å². The van der Waals surface area contributed by atoms with E-state index in [-0.39, 0.29) is 41.3 Å². The van der Waals surface area contributed by atoms with Crippen molar-refractivity contribution in [2.24, 2.45) is 4.99 Å². The minimum absolute atomic E-state index is 0. The van der Waals surface area contributed by atoms with Crippen molar-refractivity contribution in [3.05, 3.63) is 59.5 Å². The highest BCUT2D eigenvalue weighted by Crippen LogP contribution is 2.25. The van der Waals surface area contributed by atoms with Gasteiger partial charge in [0.25, 0.3) is 0 Å². The van der Waals surface area contributed by atoms with Gasteiger partial charge in [0.05, 0.1) is 0 Å². The molecule has 1 atom stereocenters. The fraction of sp³-hybridized carbons (Fsp3) is 0.455. The third-order valence-corrected chi connectivity index (χ3v) is 5.36. The number of pyridine rings is 1. The summed E-state index contributed by atoms with van der Waals surface area (Å²) in [7, 11) is 1.78. The van der Waals surface area contributed by atoms with Gasteiger partial charge in [0.2, 0.25) is 0 Å². The Bertz CT molecular complexity index is 839. The summed E-state index contributed by atoms with van der Waals surface area (Å²) < 4.78 is 14.0. The number of aromatic nitrogens is 1. The number of nitrogens with one attached hydrogen (secondary N) is 2. The summed E-state index contributed by atoms with van der Waals surface area (Å²) in [5.41, 5.74) is 2.60. The van der Waals surface area contributed by atoms with E-state index in [9.17, 15) is 4.39 Å². The maximum absolute atomic E-state index is 14.0. The molecule has 1 aromatic heterocycles. The Balaban J connectivity index is 0.00000300. The molecule has 0 aliphatic carbocycles. The van der Waals surface area contributed by atoms with Gasteiger partial charge in [-0.15, -0.1) is 24.0 Å². The fourth-order valence-corrected chi connectivity index (χ4v) is 3.80. The highest BCUT2D eigenvalue weighted by atomic mass is 127. The van der Waals surface area contributed by atoms with E-state index in [0.29, 0.717) is 12.4 Å². The number of aryl methyl sites for hydroxylation is 1. The van der Waals surface area contributed by atoms with Gasteiger partial charge < -0.3 is 15.5 Å². The average Bonchev–Trinajstić information content (AvgIpc) is 3.14. The standard InChI is InChI=1S/C22H30FN5.HI/c1-16-8-5-6-9-18(16)22(2,3)15-26-21(24-4)27-17-11-13-28(14-17)20-19(23)10-7-12-25-20;/h5-10,12,17H,11,13-15H2,1-4H3,(H2,24,26,27);1H. The molecule has 1 aromatic carbocycles. The molecule has 5 nitrogen and oxygen atoms in total. The maximum Gasteiger partial charge on any atom is 0.191 e. The number of hydrogen-bond acceptors (Lipinski definition) is 3. The highest BCUT2D eigenvalue weighted by molar-refractivity contribution is 14.0. The number of guanidine groups is 1. The van der Waals surface area contributed by atoms with Gasteiger partial charge in [-0.05, 0) is 36.6 Å². The number of benzene rings is 1. The predicted octanol–water partition coefficient (Wildman–Crippen LogP) is 3.87. The highest BCUT2D eigenvalue weighted by Gasteiger charge is 2.27. The normalized spacial score (nSPS) is 17.1. The van der Waals surface area contributed by atoms with Crippen molar-refractivity contribution >= 4 is 35.8 Å². The van der Waals surface area contributed by atoms with Crippen LogP contribution in [0.4, 0.5) is 10.2 Å². The molecule has 2 heterocycles. The zero-order valence-corrected chi connectivity index (χ0v) is 19.9. The molecule has 0 amide bonds. The summed E-state index contributed by atoms with van der Waals surface area (Å²) in [4.78, 5) is 10.5. The van der Waals surface area contributed by atoms with Gasteiger partial charge in [-0.3, -0.25) is 4.99 Å². The molecular formula is C22H31FIN5. The van der Waals surface area contributed by atoms with E-state index in [1.54, 1.807) is 19.3 Å². The number of hydrogen-bond donors (Lipinski definition) is 2. The number of nitrogens with zero attached hydrogens (tertiary/aromatic N) is 3. The van der Waals surface area contributed by atoms with E-state index < -0.39 is 0 Å². The van der Waals surface area contributed by atoms with Crippen LogP contribution in [0.3, 0.4) is 0 Å². The van der Waals surface area contributed by atoms with Crippen LogP contribution >= 0.6 is 24.0 Å². The molecule has 0 radical (unpaired) electrons. The Morgan fingerprint density at radius 2 is 2.03 bits per heavy atom. The zero-order chi connectivity index (χ0) is 20.1. The molecule has 2 aromatic rings. The van der Waals surface area contributed by atoms with E-state index in [0.717, 1.165) is 25.5 Å². The van der Waals surface area contributed by atoms with E-state index in [1.165, 1.54) is 17.2 Å². The Kier molecular flexibility index (Phi) is 8.24. The van der Waals surface area contributed by atoms with Crippen LogP contribution in [0, 0.1) is 12.7 Å². The number of halogens is 2. The van der Waals surface area contributed by atoms with Crippen LogP contribution in [0.2, 0.25) is 0 Å². The van der Waals surface area contributed by atoms with Crippen molar-refractivity contribution in [1.29, 1.82) is 0 Å². The van der Waals surface area contributed by atoms with Gasteiger partial charge in [0.1, 0.15) is 0 Å². The average molecular weight is 511 g/mol. The molecule has 2 N–H and O–H groups in total. The Morgan fingerprint density at radius 3 is 2.72 bits per heavy atom. The Hall–Kier alpha value is -1.90. The second kappa shape index (κ2) is 10.2. The summed E-state index contributed by atoms with van der Waals surface area (Å²) >= 11 is 0. The molecule has 0 bridgehead atoms. The number of rotatable bonds is 5. The van der Waals surface area contributed by atoms with Crippen molar-refractivity contribution in [2.45, 2.75) is 38.6 Å². The summed E-state index contributed by atoms with van der Waals surface area (Å²) in [5.74, 6) is 0.927. The number of anilines is 1. The molecular weight excluding hydrogens is 480 g/mol. The quantitative estimate of drug-likeness (QED) is 0.364. The largest absolute Gasteiger partial charge is 0.356 e. The summed E-state index contributed by atoms with van der Waals surface area (Å²) in [5, 5.41) is 6.93.